The van der Waals surface area contributed by atoms with Gasteiger partial charge in [0.2, 0.25) is 0 Å². The van der Waals surface area contributed by atoms with Gasteiger partial charge in [-0.3, -0.25) is 4.79 Å². The highest BCUT2D eigenvalue weighted by Crippen LogP contribution is 2.16. The van der Waals surface area contributed by atoms with Gasteiger partial charge in [-0.2, -0.15) is 13.2 Å². The Morgan fingerprint density at radius 3 is 2.61 bits per heavy atom. The second kappa shape index (κ2) is 8.00. The van der Waals surface area contributed by atoms with E-state index in [9.17, 15) is 27.9 Å². The zero-order valence-corrected chi connectivity index (χ0v) is 12.9. The molecule has 9 heteroatoms. The Morgan fingerprint density at radius 2 is 2.04 bits per heavy atom. The summed E-state index contributed by atoms with van der Waals surface area (Å²) in [6, 6.07) is 1.67. The van der Waals surface area contributed by atoms with Crippen LogP contribution in [0.2, 0.25) is 0 Å². The lowest BCUT2D eigenvalue weighted by molar-refractivity contribution is -0.141. The van der Waals surface area contributed by atoms with Crippen molar-refractivity contribution in [3.63, 3.8) is 0 Å². The summed E-state index contributed by atoms with van der Waals surface area (Å²) < 4.78 is 37.5. The fourth-order valence-electron chi connectivity index (χ4n) is 1.95. The average Bonchev–Trinajstić information content (AvgIpc) is 2.39. The third kappa shape index (κ3) is 7.18. The number of anilines is 1. The second-order valence-corrected chi connectivity index (χ2v) is 5.59. The van der Waals surface area contributed by atoms with Crippen molar-refractivity contribution in [3.05, 3.63) is 28.7 Å². The molecular formula is C14H20F3N3O3. The largest absolute Gasteiger partial charge is 0.406 e. The molecule has 0 aliphatic rings. The first-order chi connectivity index (χ1) is 10.6. The van der Waals surface area contributed by atoms with Gasteiger partial charge in [0.1, 0.15) is 12.2 Å². The molecule has 0 saturated heterocycles. The van der Waals surface area contributed by atoms with Crippen LogP contribution < -0.4 is 16.2 Å². The van der Waals surface area contributed by atoms with Crippen LogP contribution >= 0.6 is 0 Å². The molecule has 2 amide bonds. The van der Waals surface area contributed by atoms with Gasteiger partial charge in [0.05, 0.1) is 6.10 Å². The van der Waals surface area contributed by atoms with Crippen LogP contribution in [0.15, 0.2) is 23.1 Å². The van der Waals surface area contributed by atoms with Crippen molar-refractivity contribution in [2.75, 3.05) is 11.9 Å². The Labute approximate surface area is 131 Å². The quantitative estimate of drug-likeness (QED) is 0.743. The Bertz CT molecular complexity index is 585. The predicted molar refractivity (Wildman–Crippen MR) is 79.2 cm³/mol. The first kappa shape index (κ1) is 19.0. The van der Waals surface area contributed by atoms with E-state index in [4.69, 9.17) is 0 Å². The number of nitrogens with zero attached hydrogens (tertiary/aromatic N) is 1. The number of aliphatic hydroxyl groups is 1. The molecule has 0 bridgehead atoms. The lowest BCUT2D eigenvalue weighted by atomic mass is 10.1. The number of aliphatic hydroxyl groups excluding tert-OH is 1. The molecule has 1 unspecified atom stereocenters. The fraction of sp³-hybridized carbons (Fsp3) is 0.571. The molecule has 1 aromatic rings. The smallest absolute Gasteiger partial charge is 0.391 e. The highest BCUT2D eigenvalue weighted by atomic mass is 19.4. The van der Waals surface area contributed by atoms with Gasteiger partial charge in [0.15, 0.2) is 0 Å². The van der Waals surface area contributed by atoms with Gasteiger partial charge in [-0.15, -0.1) is 0 Å². The van der Waals surface area contributed by atoms with Crippen LogP contribution in [0.3, 0.4) is 0 Å². The van der Waals surface area contributed by atoms with Crippen molar-refractivity contribution in [2.24, 2.45) is 5.92 Å². The van der Waals surface area contributed by atoms with E-state index in [0.717, 1.165) is 6.20 Å². The van der Waals surface area contributed by atoms with Crippen molar-refractivity contribution in [1.29, 1.82) is 0 Å². The Balaban J connectivity index is 2.65. The molecule has 0 aliphatic heterocycles. The number of carbonyl (C=O) groups is 1. The first-order valence-corrected chi connectivity index (χ1v) is 7.07. The van der Waals surface area contributed by atoms with Crippen LogP contribution in [0.25, 0.3) is 0 Å². The minimum absolute atomic E-state index is 0.0202. The highest BCUT2D eigenvalue weighted by Gasteiger charge is 2.28. The van der Waals surface area contributed by atoms with Gasteiger partial charge in [-0.1, -0.05) is 13.8 Å². The zero-order chi connectivity index (χ0) is 17.6. The van der Waals surface area contributed by atoms with Gasteiger partial charge in [0.25, 0.3) is 5.56 Å². The summed E-state index contributed by atoms with van der Waals surface area (Å²) in [7, 11) is 0. The number of pyridine rings is 1. The summed E-state index contributed by atoms with van der Waals surface area (Å²) in [6.07, 6.45) is -3.79. The monoisotopic (exact) mass is 335 g/mol. The number of hydrogen-bond acceptors (Lipinski definition) is 3. The fourth-order valence-corrected chi connectivity index (χ4v) is 1.95. The van der Waals surface area contributed by atoms with Crippen LogP contribution in [0.1, 0.15) is 20.3 Å². The molecule has 0 radical (unpaired) electrons. The van der Waals surface area contributed by atoms with E-state index >= 15 is 0 Å². The van der Waals surface area contributed by atoms with Crippen molar-refractivity contribution in [3.8, 4) is 0 Å². The molecule has 0 saturated carbocycles. The minimum atomic E-state index is -4.54. The summed E-state index contributed by atoms with van der Waals surface area (Å²) in [5, 5.41) is 14.2. The second-order valence-electron chi connectivity index (χ2n) is 5.59. The van der Waals surface area contributed by atoms with E-state index < -0.39 is 30.4 Å². The Kier molecular flexibility index (Phi) is 6.62. The first-order valence-electron chi connectivity index (χ1n) is 7.07. The number of halogens is 3. The van der Waals surface area contributed by atoms with Crippen LogP contribution in [0.4, 0.5) is 23.7 Å². The molecule has 1 aromatic heterocycles. The normalized spacial score (nSPS) is 13.0. The van der Waals surface area contributed by atoms with Crippen LogP contribution in [0.5, 0.6) is 0 Å². The van der Waals surface area contributed by atoms with E-state index in [1.165, 1.54) is 12.1 Å². The Hall–Kier alpha value is -2.03. The number of alkyl halides is 3. The maximum absolute atomic E-state index is 12.3. The average molecular weight is 335 g/mol. The molecule has 1 rings (SSSR count). The van der Waals surface area contributed by atoms with Crippen molar-refractivity contribution in [2.45, 2.75) is 39.1 Å². The van der Waals surface area contributed by atoms with E-state index in [0.29, 0.717) is 11.0 Å². The molecule has 0 aromatic carbocycles. The van der Waals surface area contributed by atoms with E-state index in [1.54, 1.807) is 0 Å². The number of nitrogens with one attached hydrogen (secondary N) is 2. The SMILES string of the molecule is CC(C)CC(O)CNC(=O)Nc1cccn(CC(F)(F)F)c1=O. The lowest BCUT2D eigenvalue weighted by Crippen LogP contribution is -2.38. The van der Waals surface area contributed by atoms with Crippen LogP contribution in [-0.4, -0.2) is 34.5 Å². The summed E-state index contributed by atoms with van der Waals surface area (Å²) in [5.74, 6) is 0.249. The van der Waals surface area contributed by atoms with Crippen LogP contribution in [-0.2, 0) is 6.54 Å². The van der Waals surface area contributed by atoms with E-state index in [1.807, 2.05) is 13.8 Å². The third-order valence-corrected chi connectivity index (χ3v) is 2.86. The standard InChI is InChI=1S/C14H20F3N3O3/c1-9(2)6-10(21)7-18-13(23)19-11-4-3-5-20(12(11)22)8-14(15,16)17/h3-5,9-10,21H,6-8H2,1-2H3,(H2,18,19,23). The molecule has 130 valence electrons. The van der Waals surface area contributed by atoms with Gasteiger partial charge >= 0.3 is 12.2 Å². The molecule has 0 aliphatic carbocycles. The Morgan fingerprint density at radius 1 is 1.39 bits per heavy atom. The summed E-state index contributed by atoms with van der Waals surface area (Å²) in [4.78, 5) is 23.5. The van der Waals surface area contributed by atoms with E-state index in [2.05, 4.69) is 10.6 Å². The van der Waals surface area contributed by atoms with Gasteiger partial charge in [-0.05, 0) is 24.5 Å². The highest BCUT2D eigenvalue weighted by molar-refractivity contribution is 5.88. The van der Waals surface area contributed by atoms with Crippen molar-refractivity contribution in [1.82, 2.24) is 9.88 Å². The van der Waals surface area contributed by atoms with Gasteiger partial charge in [-0.25, -0.2) is 4.79 Å². The minimum Gasteiger partial charge on any atom is -0.391 e. The third-order valence-electron chi connectivity index (χ3n) is 2.86. The summed E-state index contributed by atoms with van der Waals surface area (Å²) in [5.41, 5.74) is -1.23. The van der Waals surface area contributed by atoms with Crippen molar-refractivity contribution < 1.29 is 23.1 Å². The molecule has 3 N–H and O–H groups in total. The molecule has 1 atom stereocenters. The molecule has 23 heavy (non-hydrogen) atoms. The van der Waals surface area contributed by atoms with E-state index in [-0.39, 0.29) is 18.2 Å². The number of amides is 2. The van der Waals surface area contributed by atoms with Gasteiger partial charge < -0.3 is 20.3 Å². The number of urea groups is 1. The number of aromatic nitrogens is 1. The number of hydrogen-bond donors (Lipinski definition) is 3. The maximum Gasteiger partial charge on any atom is 0.406 e. The zero-order valence-electron chi connectivity index (χ0n) is 12.9. The molecule has 1 heterocycles. The molecule has 0 spiro atoms. The predicted octanol–water partition coefficient (Wildman–Crippen LogP) is 1.94. The van der Waals surface area contributed by atoms with Crippen molar-refractivity contribution >= 4 is 11.7 Å². The lowest BCUT2D eigenvalue weighted by Gasteiger charge is -2.15. The summed E-state index contributed by atoms with van der Waals surface area (Å²) in [6.45, 7) is 2.37. The number of carbonyl (C=O) groups excluding carboxylic acids is 1. The molecule has 0 fully saturated rings. The molecular weight excluding hydrogens is 315 g/mol. The number of rotatable bonds is 6. The maximum atomic E-state index is 12.3. The van der Waals surface area contributed by atoms with Gasteiger partial charge in [0, 0.05) is 12.7 Å². The van der Waals surface area contributed by atoms with Crippen LogP contribution in [0, 0.1) is 5.92 Å². The topological polar surface area (TPSA) is 83.4 Å². The summed E-state index contributed by atoms with van der Waals surface area (Å²) >= 11 is 0. The molecule has 6 nitrogen and oxygen atoms in total.